The maximum absolute atomic E-state index is 13.0. The second-order valence-electron chi connectivity index (χ2n) is 9.42. The van der Waals surface area contributed by atoms with E-state index in [2.05, 4.69) is 10.3 Å². The van der Waals surface area contributed by atoms with E-state index in [0.29, 0.717) is 41.0 Å². The molecule has 0 aliphatic rings. The third kappa shape index (κ3) is 7.81. The number of halogens is 2. The number of nitrogens with zero attached hydrogens (tertiary/aromatic N) is 1. The Hall–Kier alpha value is -3.53. The minimum Gasteiger partial charge on any atom is -0.503 e. The number of aldehydes is 1. The van der Waals surface area contributed by atoms with Crippen LogP contribution in [0.5, 0.6) is 23.0 Å². The minimum atomic E-state index is -1.46. The quantitative estimate of drug-likeness (QED) is 0.221. The maximum Gasteiger partial charge on any atom is 0.274 e. The van der Waals surface area contributed by atoms with Crippen LogP contribution in [0.1, 0.15) is 55.2 Å². The van der Waals surface area contributed by atoms with E-state index in [1.807, 2.05) is 32.9 Å². The number of benzene rings is 2. The van der Waals surface area contributed by atoms with Crippen molar-refractivity contribution < 1.29 is 33.6 Å². The molecule has 0 unspecified atom stereocenters. The van der Waals surface area contributed by atoms with Gasteiger partial charge < -0.3 is 34.2 Å². The Morgan fingerprint density at radius 2 is 1.59 bits per heavy atom. The van der Waals surface area contributed by atoms with Crippen LogP contribution < -0.4 is 19.5 Å². The lowest BCUT2D eigenvalue weighted by molar-refractivity contribution is -0.115. The van der Waals surface area contributed by atoms with E-state index in [9.17, 15) is 14.7 Å². The predicted octanol–water partition coefficient (Wildman–Crippen LogP) is 5.82. The molecular formula is C30H34Cl2N2O7. The Morgan fingerprint density at radius 3 is 2.07 bits per heavy atom. The van der Waals surface area contributed by atoms with Gasteiger partial charge in [-0.05, 0) is 52.0 Å². The van der Waals surface area contributed by atoms with E-state index in [-0.39, 0.29) is 18.1 Å². The Bertz CT molecular complexity index is 1320. The molecule has 0 radical (unpaired) electrons. The van der Waals surface area contributed by atoms with E-state index in [1.165, 1.54) is 26.3 Å². The Balaban J connectivity index is 1.96. The van der Waals surface area contributed by atoms with E-state index in [1.54, 1.807) is 24.3 Å². The van der Waals surface area contributed by atoms with E-state index in [4.69, 9.17) is 42.1 Å². The number of carbonyl (C=O) groups is 2. The molecule has 2 atom stereocenters. The molecule has 9 nitrogen and oxygen atoms in total. The topological polar surface area (TPSA) is 116 Å². The first kappa shape index (κ1) is 32.0. The number of rotatable bonds is 14. The van der Waals surface area contributed by atoms with Crippen LogP contribution in [0.15, 0.2) is 48.7 Å². The van der Waals surface area contributed by atoms with Gasteiger partial charge in [-0.1, -0.05) is 35.3 Å². The van der Waals surface area contributed by atoms with Gasteiger partial charge in [0.15, 0.2) is 17.2 Å². The summed E-state index contributed by atoms with van der Waals surface area (Å²) in [4.78, 5) is 29.1. The van der Waals surface area contributed by atoms with Crippen LogP contribution in [0.25, 0.3) is 0 Å². The zero-order valence-electron chi connectivity index (χ0n) is 23.6. The number of aromatic nitrogens is 1. The SMILES string of the molecule is CCOc1cc(Cl)ccc1C(c1ccc(Cl)cc1OCC)[C@H](C)OC[C@](C)(C=O)NC(=O)c1nccc(OC)c1O. The van der Waals surface area contributed by atoms with Crippen LogP contribution in [0, 0.1) is 0 Å². The number of nitrogens with one attached hydrogen (secondary N) is 1. The number of ether oxygens (including phenoxy) is 4. The molecule has 3 aromatic rings. The first-order valence-electron chi connectivity index (χ1n) is 13.0. The number of amides is 1. The molecule has 0 spiro atoms. The average Bonchev–Trinajstić information content (AvgIpc) is 2.94. The van der Waals surface area contributed by atoms with Gasteiger partial charge in [-0.3, -0.25) is 4.79 Å². The number of carbonyl (C=O) groups excluding carboxylic acids is 2. The molecule has 3 rings (SSSR count). The van der Waals surface area contributed by atoms with Crippen LogP contribution in [-0.4, -0.2) is 60.9 Å². The van der Waals surface area contributed by atoms with Gasteiger partial charge in [0.1, 0.15) is 23.3 Å². The van der Waals surface area contributed by atoms with Gasteiger partial charge in [-0.2, -0.15) is 0 Å². The highest BCUT2D eigenvalue weighted by molar-refractivity contribution is 6.31. The number of hydrogen-bond acceptors (Lipinski definition) is 8. The van der Waals surface area contributed by atoms with E-state index < -0.39 is 29.2 Å². The van der Waals surface area contributed by atoms with Gasteiger partial charge >= 0.3 is 0 Å². The summed E-state index contributed by atoms with van der Waals surface area (Å²) in [5.74, 6) is -0.424. The zero-order valence-corrected chi connectivity index (χ0v) is 25.1. The largest absolute Gasteiger partial charge is 0.503 e. The third-order valence-electron chi connectivity index (χ3n) is 6.32. The van der Waals surface area contributed by atoms with Gasteiger partial charge in [-0.25, -0.2) is 4.98 Å². The monoisotopic (exact) mass is 604 g/mol. The molecule has 0 fully saturated rings. The van der Waals surface area contributed by atoms with Crippen LogP contribution in [-0.2, 0) is 9.53 Å². The van der Waals surface area contributed by atoms with Crippen molar-refractivity contribution in [1.29, 1.82) is 0 Å². The van der Waals surface area contributed by atoms with Gasteiger partial charge in [0.2, 0.25) is 0 Å². The fourth-order valence-electron chi connectivity index (χ4n) is 4.35. The van der Waals surface area contributed by atoms with Gasteiger partial charge in [0.05, 0.1) is 33.0 Å². The summed E-state index contributed by atoms with van der Waals surface area (Å²) < 4.78 is 23.2. The first-order valence-corrected chi connectivity index (χ1v) is 13.8. The molecule has 0 aliphatic carbocycles. The van der Waals surface area contributed by atoms with Gasteiger partial charge in [0, 0.05) is 39.4 Å². The summed E-state index contributed by atoms with van der Waals surface area (Å²) in [5.41, 5.74) is -0.171. The molecule has 1 amide bonds. The Labute approximate surface area is 249 Å². The Kier molecular flexibility index (Phi) is 11.2. The molecule has 2 N–H and O–H groups in total. The normalized spacial score (nSPS) is 13.3. The number of methoxy groups -OCH3 is 1. The van der Waals surface area contributed by atoms with Crippen molar-refractivity contribution >= 4 is 35.4 Å². The van der Waals surface area contributed by atoms with Crippen LogP contribution in [0.4, 0.5) is 0 Å². The smallest absolute Gasteiger partial charge is 0.274 e. The molecule has 2 aromatic carbocycles. The van der Waals surface area contributed by atoms with Gasteiger partial charge in [0.25, 0.3) is 5.91 Å². The summed E-state index contributed by atoms with van der Waals surface area (Å²) in [6, 6.07) is 12.1. The van der Waals surface area contributed by atoms with Crippen molar-refractivity contribution in [3.05, 3.63) is 75.5 Å². The van der Waals surface area contributed by atoms with Crippen molar-refractivity contribution in [3.8, 4) is 23.0 Å². The molecule has 1 heterocycles. The van der Waals surface area contributed by atoms with Gasteiger partial charge in [-0.15, -0.1) is 0 Å². The molecule has 220 valence electrons. The van der Waals surface area contributed by atoms with Crippen LogP contribution in [0.3, 0.4) is 0 Å². The maximum atomic E-state index is 13.0. The summed E-state index contributed by atoms with van der Waals surface area (Å²) in [6.07, 6.45) is 1.33. The van der Waals surface area contributed by atoms with E-state index in [0.717, 1.165) is 11.1 Å². The van der Waals surface area contributed by atoms with Crippen molar-refractivity contribution in [3.63, 3.8) is 0 Å². The number of aromatic hydroxyl groups is 1. The zero-order chi connectivity index (χ0) is 30.2. The summed E-state index contributed by atoms with van der Waals surface area (Å²) >= 11 is 12.6. The highest BCUT2D eigenvalue weighted by Crippen LogP contribution is 2.42. The molecule has 0 saturated carbocycles. The highest BCUT2D eigenvalue weighted by Gasteiger charge is 2.33. The van der Waals surface area contributed by atoms with Crippen molar-refractivity contribution in [2.75, 3.05) is 26.9 Å². The molecule has 1 aromatic heterocycles. The molecule has 0 aliphatic heterocycles. The lowest BCUT2D eigenvalue weighted by atomic mass is 9.85. The minimum absolute atomic E-state index is 0.0757. The van der Waals surface area contributed by atoms with Crippen LogP contribution in [0.2, 0.25) is 10.0 Å². The fraction of sp³-hybridized carbons (Fsp3) is 0.367. The first-order chi connectivity index (χ1) is 19.6. The van der Waals surface area contributed by atoms with E-state index >= 15 is 0 Å². The summed E-state index contributed by atoms with van der Waals surface area (Å²) in [5, 5.41) is 14.0. The van der Waals surface area contributed by atoms with Crippen molar-refractivity contribution in [2.24, 2.45) is 0 Å². The number of hydrogen-bond donors (Lipinski definition) is 2. The lowest BCUT2D eigenvalue weighted by Crippen LogP contribution is -2.51. The highest BCUT2D eigenvalue weighted by atomic mass is 35.5. The summed E-state index contributed by atoms with van der Waals surface area (Å²) in [6.45, 7) is 7.74. The summed E-state index contributed by atoms with van der Waals surface area (Å²) in [7, 11) is 1.35. The average molecular weight is 606 g/mol. The third-order valence-corrected chi connectivity index (χ3v) is 6.79. The number of pyridine rings is 1. The molecule has 41 heavy (non-hydrogen) atoms. The standard InChI is InChI=1S/C30H34Cl2N2O7/c1-6-39-24-14-19(31)8-10-21(24)26(22-11-9-20(32)15-25(22)40-7-2)18(3)41-17-30(4,16-35)34-29(37)27-28(36)23(38-5)12-13-33-27/h8-16,18,26,36H,6-7,17H2,1-5H3,(H,34,37)/t18-,30-/m0/s1. The lowest BCUT2D eigenvalue weighted by Gasteiger charge is -2.32. The van der Waals surface area contributed by atoms with Crippen molar-refractivity contribution in [1.82, 2.24) is 10.3 Å². The molecular weight excluding hydrogens is 571 g/mol. The van der Waals surface area contributed by atoms with Crippen LogP contribution >= 0.6 is 23.2 Å². The fourth-order valence-corrected chi connectivity index (χ4v) is 4.67. The van der Waals surface area contributed by atoms with Crippen molar-refractivity contribution in [2.45, 2.75) is 45.3 Å². The predicted molar refractivity (Wildman–Crippen MR) is 157 cm³/mol. The molecule has 0 saturated heterocycles. The molecule has 0 bridgehead atoms. The second kappa shape index (κ2) is 14.4. The molecule has 11 heteroatoms. The second-order valence-corrected chi connectivity index (χ2v) is 10.3. The Morgan fingerprint density at radius 1 is 1.02 bits per heavy atom.